The molecule has 2 rings (SSSR count). The summed E-state index contributed by atoms with van der Waals surface area (Å²) in [5.74, 6) is -2.11. The fourth-order valence-electron chi connectivity index (χ4n) is 1.88. The summed E-state index contributed by atoms with van der Waals surface area (Å²) in [4.78, 5) is 33.6. The lowest BCUT2D eigenvalue weighted by atomic mass is 10.2. The van der Waals surface area contributed by atoms with Crippen molar-refractivity contribution in [2.75, 3.05) is 6.54 Å². The molecule has 0 saturated carbocycles. The lowest BCUT2D eigenvalue weighted by molar-refractivity contribution is -0.385. The van der Waals surface area contributed by atoms with Crippen LogP contribution >= 0.6 is 0 Å². The van der Waals surface area contributed by atoms with E-state index in [-0.39, 0.29) is 16.8 Å². The number of hydrogen-bond acceptors (Lipinski definition) is 5. The van der Waals surface area contributed by atoms with Crippen molar-refractivity contribution < 1.29 is 18.9 Å². The zero-order valence-corrected chi connectivity index (χ0v) is 12.8. The highest BCUT2D eigenvalue weighted by Crippen LogP contribution is 2.14. The molecule has 0 aliphatic rings. The molecule has 0 fully saturated rings. The van der Waals surface area contributed by atoms with Gasteiger partial charge < -0.3 is 5.32 Å². The van der Waals surface area contributed by atoms with Crippen molar-refractivity contribution >= 4 is 23.7 Å². The van der Waals surface area contributed by atoms with Crippen molar-refractivity contribution in [2.24, 2.45) is 5.10 Å². The minimum Gasteiger partial charge on any atom is -0.343 e. The summed E-state index contributed by atoms with van der Waals surface area (Å²) in [5, 5.41) is 16.7. The molecule has 0 aromatic heterocycles. The first-order valence-electron chi connectivity index (χ1n) is 7.07. The van der Waals surface area contributed by atoms with Gasteiger partial charge >= 0.3 is 0 Å². The van der Waals surface area contributed by atoms with E-state index in [9.17, 15) is 24.1 Å². The van der Waals surface area contributed by atoms with E-state index >= 15 is 0 Å². The van der Waals surface area contributed by atoms with Crippen LogP contribution in [0.4, 0.5) is 10.1 Å². The van der Waals surface area contributed by atoms with Crippen molar-refractivity contribution in [3.8, 4) is 0 Å². The third-order valence-corrected chi connectivity index (χ3v) is 3.05. The number of nitrogens with one attached hydrogen (secondary N) is 2. The smallest absolute Gasteiger partial charge is 0.278 e. The maximum Gasteiger partial charge on any atom is 0.278 e. The first-order valence-corrected chi connectivity index (χ1v) is 7.07. The molecule has 0 spiro atoms. The minimum absolute atomic E-state index is 0.159. The Kier molecular flexibility index (Phi) is 5.88. The second-order valence-corrected chi connectivity index (χ2v) is 4.77. The van der Waals surface area contributed by atoms with Crippen molar-refractivity contribution in [2.45, 2.75) is 0 Å². The van der Waals surface area contributed by atoms with E-state index < -0.39 is 29.1 Å². The highest BCUT2D eigenvalue weighted by Gasteiger charge is 2.12. The number of carbonyl (C=O) groups excluding carboxylic acids is 2. The third-order valence-electron chi connectivity index (χ3n) is 3.05. The number of nitrogens with zero attached hydrogens (tertiary/aromatic N) is 2. The van der Waals surface area contributed by atoms with Crippen LogP contribution in [0, 0.1) is 15.9 Å². The molecule has 2 amide bonds. The van der Waals surface area contributed by atoms with Gasteiger partial charge in [0, 0.05) is 6.07 Å². The molecular formula is C16H13FN4O4. The zero-order chi connectivity index (χ0) is 18.2. The van der Waals surface area contributed by atoms with Gasteiger partial charge in [0.25, 0.3) is 17.5 Å². The maximum atomic E-state index is 13.4. The Morgan fingerprint density at radius 2 is 1.84 bits per heavy atom. The van der Waals surface area contributed by atoms with E-state index in [1.54, 1.807) is 6.07 Å². The molecule has 2 N–H and O–H groups in total. The lowest BCUT2D eigenvalue weighted by Crippen LogP contribution is -2.35. The van der Waals surface area contributed by atoms with Gasteiger partial charge in [0.1, 0.15) is 5.82 Å². The summed E-state index contributed by atoms with van der Waals surface area (Å²) in [6, 6.07) is 11.2. The summed E-state index contributed by atoms with van der Waals surface area (Å²) in [7, 11) is 0. The molecule has 0 unspecified atom stereocenters. The Labute approximate surface area is 141 Å². The Morgan fingerprint density at radius 3 is 2.56 bits per heavy atom. The molecular weight excluding hydrogens is 331 g/mol. The number of amides is 2. The molecule has 25 heavy (non-hydrogen) atoms. The fraction of sp³-hybridized carbons (Fsp3) is 0.0625. The van der Waals surface area contributed by atoms with Crippen LogP contribution in [0.15, 0.2) is 53.6 Å². The monoisotopic (exact) mass is 344 g/mol. The summed E-state index contributed by atoms with van der Waals surface area (Å²) in [6.45, 7) is -0.429. The summed E-state index contributed by atoms with van der Waals surface area (Å²) < 4.78 is 13.4. The van der Waals surface area contributed by atoms with E-state index in [1.165, 1.54) is 36.4 Å². The molecule has 8 nitrogen and oxygen atoms in total. The highest BCUT2D eigenvalue weighted by molar-refractivity contribution is 5.96. The number of nitro groups is 1. The third kappa shape index (κ3) is 4.93. The zero-order valence-electron chi connectivity index (χ0n) is 12.8. The van der Waals surface area contributed by atoms with Crippen LogP contribution in [0.5, 0.6) is 0 Å². The lowest BCUT2D eigenvalue weighted by Gasteiger charge is -2.05. The SMILES string of the molecule is O=C(CNC(=O)c1ccccc1F)N/N=C/c1ccccc1[N+](=O)[O-]. The van der Waals surface area contributed by atoms with Gasteiger partial charge in [0.2, 0.25) is 0 Å². The average Bonchev–Trinajstić information content (AvgIpc) is 2.60. The molecule has 0 aliphatic heterocycles. The molecule has 0 aliphatic carbocycles. The van der Waals surface area contributed by atoms with Gasteiger partial charge in [0.15, 0.2) is 0 Å². The Morgan fingerprint density at radius 1 is 1.16 bits per heavy atom. The van der Waals surface area contributed by atoms with E-state index in [0.29, 0.717) is 0 Å². The van der Waals surface area contributed by atoms with Crippen molar-refractivity contribution in [3.63, 3.8) is 0 Å². The predicted molar refractivity (Wildman–Crippen MR) is 87.6 cm³/mol. The number of para-hydroxylation sites is 1. The van der Waals surface area contributed by atoms with Crippen LogP contribution in [0.25, 0.3) is 0 Å². The largest absolute Gasteiger partial charge is 0.343 e. The van der Waals surface area contributed by atoms with E-state index in [2.05, 4.69) is 15.8 Å². The van der Waals surface area contributed by atoms with Crippen LogP contribution < -0.4 is 10.7 Å². The molecule has 0 radical (unpaired) electrons. The van der Waals surface area contributed by atoms with Gasteiger partial charge in [-0.1, -0.05) is 24.3 Å². The van der Waals surface area contributed by atoms with Crippen LogP contribution in [0.1, 0.15) is 15.9 Å². The van der Waals surface area contributed by atoms with E-state index in [1.807, 2.05) is 0 Å². The standard InChI is InChI=1S/C16H13FN4O4/c17-13-7-3-2-6-12(13)16(23)18-10-15(22)20-19-9-11-5-1-4-8-14(11)21(24)25/h1-9H,10H2,(H,18,23)(H,20,22)/b19-9+. The number of rotatable bonds is 6. The number of carbonyl (C=O) groups is 2. The molecule has 2 aromatic rings. The van der Waals surface area contributed by atoms with Gasteiger partial charge in [-0.25, -0.2) is 9.82 Å². The van der Waals surface area contributed by atoms with Crippen LogP contribution in [0.3, 0.4) is 0 Å². The van der Waals surface area contributed by atoms with Crippen LogP contribution in [0.2, 0.25) is 0 Å². The van der Waals surface area contributed by atoms with Crippen molar-refractivity contribution in [1.29, 1.82) is 0 Å². The number of nitro benzene ring substituents is 1. The van der Waals surface area contributed by atoms with Gasteiger partial charge in [-0.15, -0.1) is 0 Å². The Balaban J connectivity index is 1.88. The van der Waals surface area contributed by atoms with Gasteiger partial charge in [-0.2, -0.15) is 5.10 Å². The van der Waals surface area contributed by atoms with Crippen LogP contribution in [-0.4, -0.2) is 29.5 Å². The van der Waals surface area contributed by atoms with Crippen molar-refractivity contribution in [1.82, 2.24) is 10.7 Å². The topological polar surface area (TPSA) is 114 Å². The molecule has 0 atom stereocenters. The maximum absolute atomic E-state index is 13.4. The normalized spacial score (nSPS) is 10.4. The molecule has 0 bridgehead atoms. The molecule has 2 aromatic carbocycles. The summed E-state index contributed by atoms with van der Waals surface area (Å²) in [5.41, 5.74) is 1.99. The van der Waals surface area contributed by atoms with E-state index in [4.69, 9.17) is 0 Å². The fourth-order valence-corrected chi connectivity index (χ4v) is 1.88. The van der Waals surface area contributed by atoms with Crippen molar-refractivity contribution in [3.05, 3.63) is 75.6 Å². The molecule has 9 heteroatoms. The second kappa shape index (κ2) is 8.29. The number of hydrazone groups is 1. The Hall–Kier alpha value is -3.62. The molecule has 0 saturated heterocycles. The highest BCUT2D eigenvalue weighted by atomic mass is 19.1. The summed E-state index contributed by atoms with van der Waals surface area (Å²) >= 11 is 0. The number of benzene rings is 2. The minimum atomic E-state index is -0.740. The van der Waals surface area contributed by atoms with Gasteiger partial charge in [0.05, 0.1) is 28.8 Å². The quantitative estimate of drug-likeness (QED) is 0.471. The number of halogens is 1. The first kappa shape index (κ1) is 17.7. The van der Waals surface area contributed by atoms with Crippen LogP contribution in [-0.2, 0) is 4.79 Å². The van der Waals surface area contributed by atoms with Gasteiger partial charge in [-0.3, -0.25) is 19.7 Å². The molecule has 0 heterocycles. The predicted octanol–water partition coefficient (Wildman–Crippen LogP) is 1.61. The second-order valence-electron chi connectivity index (χ2n) is 4.77. The molecule has 128 valence electrons. The summed E-state index contributed by atoms with van der Waals surface area (Å²) in [6.07, 6.45) is 1.12. The Bertz CT molecular complexity index is 838. The van der Waals surface area contributed by atoms with Gasteiger partial charge in [-0.05, 0) is 18.2 Å². The number of hydrogen-bond donors (Lipinski definition) is 2. The first-order chi connectivity index (χ1) is 12.0. The van der Waals surface area contributed by atoms with E-state index in [0.717, 1.165) is 12.3 Å². The average molecular weight is 344 g/mol.